The number of aliphatic carboxylic acids is 2. The first-order chi connectivity index (χ1) is 23.2. The van der Waals surface area contributed by atoms with Crippen LogP contribution < -0.4 is 33.3 Å². The Morgan fingerprint density at radius 1 is 1.12 bits per heavy atom. The third-order valence-electron chi connectivity index (χ3n) is 7.21. The van der Waals surface area contributed by atoms with E-state index in [2.05, 4.69) is 35.6 Å². The van der Waals surface area contributed by atoms with Crippen molar-refractivity contribution in [1.82, 2.24) is 34.8 Å². The van der Waals surface area contributed by atoms with Crippen molar-refractivity contribution in [3.8, 4) is 0 Å². The molecule has 3 aromatic heterocycles. The molecule has 4 heterocycles. The fourth-order valence-corrected chi connectivity index (χ4v) is 4.62. The number of nitrogens with zero attached hydrogens (tertiary/aromatic N) is 5. The summed E-state index contributed by atoms with van der Waals surface area (Å²) in [5, 5.41) is 41.8. The van der Waals surface area contributed by atoms with Crippen LogP contribution in [0.25, 0.3) is 11.2 Å². The van der Waals surface area contributed by atoms with Gasteiger partial charge in [0, 0.05) is 35.9 Å². The molecule has 260 valence electrons. The standard InChI is InChI=1S/C19H20N8O5.C10H14N2O5/c20-15-14-16(27-19(21)26-15)23-8-11(24-14)7-22-10-3-1-9(2-4-10)17(30)25-12(18(31)32)5-6-13(28)29;1-5-3-12(10(16)11-9(5)15)8-2-6(14)7(4-13)17-8/h1-4,8,12,22H,5-7H2,(H,25,30)(H,28,29)(H,31,32)(H4,20,21,23,26,27);3,6-8,13-14H,2,4H2,1H3,(H,11,15,16)/t;6-,7+,8+/m.0/s1. The van der Waals surface area contributed by atoms with Gasteiger partial charge in [0.25, 0.3) is 11.5 Å². The van der Waals surface area contributed by atoms with Crippen molar-refractivity contribution in [2.75, 3.05) is 23.4 Å². The highest BCUT2D eigenvalue weighted by Gasteiger charge is 2.35. The lowest BCUT2D eigenvalue weighted by atomic mass is 10.1. The zero-order valence-electron chi connectivity index (χ0n) is 25.9. The Balaban J connectivity index is 0.000000266. The maximum atomic E-state index is 12.3. The van der Waals surface area contributed by atoms with Gasteiger partial charge in [-0.15, -0.1) is 0 Å². The number of carboxylic acids is 2. The Kier molecular flexibility index (Phi) is 11.5. The summed E-state index contributed by atoms with van der Waals surface area (Å²) in [7, 11) is 0. The molecule has 1 fully saturated rings. The van der Waals surface area contributed by atoms with Crippen molar-refractivity contribution >= 4 is 46.5 Å². The monoisotopic (exact) mass is 682 g/mol. The summed E-state index contributed by atoms with van der Waals surface area (Å²) < 4.78 is 6.54. The van der Waals surface area contributed by atoms with Crippen molar-refractivity contribution in [3.63, 3.8) is 0 Å². The molecule has 1 saturated heterocycles. The minimum absolute atomic E-state index is 0.0101. The predicted octanol–water partition coefficient (Wildman–Crippen LogP) is -1.27. The van der Waals surface area contributed by atoms with Crippen LogP contribution >= 0.6 is 0 Å². The second-order valence-corrected chi connectivity index (χ2v) is 10.8. The lowest BCUT2D eigenvalue weighted by Crippen LogP contribution is -2.41. The van der Waals surface area contributed by atoms with E-state index in [1.165, 1.54) is 29.1 Å². The van der Waals surface area contributed by atoms with Crippen LogP contribution in [0.3, 0.4) is 0 Å². The number of carboxylic acid groups (broad SMARTS) is 2. The van der Waals surface area contributed by atoms with E-state index in [0.717, 1.165) is 0 Å². The number of fused-ring (bicyclic) bond motifs is 1. The van der Waals surface area contributed by atoms with Gasteiger partial charge in [0.05, 0.1) is 31.1 Å². The highest BCUT2D eigenvalue weighted by molar-refractivity contribution is 5.97. The number of H-pyrrole nitrogens is 1. The number of nitrogens with two attached hydrogens (primary N) is 2. The lowest BCUT2D eigenvalue weighted by Gasteiger charge is -2.14. The van der Waals surface area contributed by atoms with Gasteiger partial charge < -0.3 is 47.3 Å². The number of hydrogen-bond acceptors (Lipinski definition) is 15. The Morgan fingerprint density at radius 2 is 1.84 bits per heavy atom. The molecule has 0 aliphatic carbocycles. The van der Waals surface area contributed by atoms with E-state index >= 15 is 0 Å². The number of amides is 1. The van der Waals surface area contributed by atoms with Crippen LogP contribution in [0.2, 0.25) is 0 Å². The molecule has 49 heavy (non-hydrogen) atoms. The molecule has 1 aliphatic heterocycles. The number of aromatic nitrogens is 6. The molecule has 4 aromatic rings. The molecule has 20 nitrogen and oxygen atoms in total. The van der Waals surface area contributed by atoms with E-state index in [-0.39, 0.29) is 48.8 Å². The van der Waals surface area contributed by atoms with Crippen LogP contribution in [0.1, 0.15) is 47.1 Å². The highest BCUT2D eigenvalue weighted by atomic mass is 16.5. The fourth-order valence-electron chi connectivity index (χ4n) is 4.62. The van der Waals surface area contributed by atoms with Crippen molar-refractivity contribution < 1.29 is 39.5 Å². The fraction of sp³-hybridized carbons (Fsp3) is 0.345. The summed E-state index contributed by atoms with van der Waals surface area (Å²) in [5.41, 5.74) is 12.8. The zero-order chi connectivity index (χ0) is 35.8. The molecule has 5 rings (SSSR count). The van der Waals surface area contributed by atoms with Crippen LogP contribution in [-0.4, -0.2) is 92.6 Å². The number of aliphatic hydroxyl groups is 2. The number of carbonyl (C=O) groups is 3. The number of anilines is 3. The number of carbonyl (C=O) groups excluding carboxylic acids is 1. The summed E-state index contributed by atoms with van der Waals surface area (Å²) >= 11 is 0. The molecule has 1 aliphatic rings. The maximum absolute atomic E-state index is 12.3. The van der Waals surface area contributed by atoms with Crippen LogP contribution in [0.4, 0.5) is 17.5 Å². The number of ether oxygens (including phenoxy) is 1. The van der Waals surface area contributed by atoms with Crippen LogP contribution in [0, 0.1) is 6.92 Å². The van der Waals surface area contributed by atoms with Crippen molar-refractivity contribution in [1.29, 1.82) is 0 Å². The minimum atomic E-state index is -1.30. The first kappa shape index (κ1) is 35.9. The Bertz CT molecular complexity index is 1950. The van der Waals surface area contributed by atoms with Crippen molar-refractivity contribution in [2.45, 2.75) is 57.2 Å². The average molecular weight is 683 g/mol. The van der Waals surface area contributed by atoms with E-state index in [1.807, 2.05) is 0 Å². The molecule has 11 N–H and O–H groups in total. The SMILES string of the molecule is Cc1cn([C@H]2C[C@H](O)[C@@H](CO)O2)c(=O)[nH]c1=O.Nc1nc(N)c2nc(CNc3ccc(C(=O)NC(CCC(=O)O)C(=O)O)cc3)cnc2n1. The van der Waals surface area contributed by atoms with Gasteiger partial charge in [0.15, 0.2) is 17.0 Å². The zero-order valence-corrected chi connectivity index (χ0v) is 25.9. The third-order valence-corrected chi connectivity index (χ3v) is 7.21. The average Bonchev–Trinajstić information content (AvgIpc) is 3.44. The number of aromatic amines is 1. The molecular formula is C29H34N10O10. The molecule has 1 unspecified atom stereocenters. The maximum Gasteiger partial charge on any atom is 0.330 e. The number of benzene rings is 1. The summed E-state index contributed by atoms with van der Waals surface area (Å²) in [6.07, 6.45) is 0.350. The number of aryl methyl sites for hydroxylation is 1. The first-order valence-corrected chi connectivity index (χ1v) is 14.7. The number of nitrogens with one attached hydrogen (secondary N) is 3. The van der Waals surface area contributed by atoms with Crippen LogP contribution in [0.15, 0.2) is 46.2 Å². The molecule has 1 amide bonds. The van der Waals surface area contributed by atoms with E-state index < -0.39 is 53.6 Å². The van der Waals surface area contributed by atoms with Gasteiger partial charge in [-0.3, -0.25) is 23.9 Å². The smallest absolute Gasteiger partial charge is 0.330 e. The molecule has 4 atom stereocenters. The molecule has 0 radical (unpaired) electrons. The topological polar surface area (TPSA) is 324 Å². The van der Waals surface area contributed by atoms with Crippen molar-refractivity contribution in [3.05, 3.63) is 74.3 Å². The summed E-state index contributed by atoms with van der Waals surface area (Å²) in [6, 6.07) is 4.99. The van der Waals surface area contributed by atoms with Gasteiger partial charge in [-0.05, 0) is 37.6 Å². The van der Waals surface area contributed by atoms with Crippen LogP contribution in [0.5, 0.6) is 0 Å². The predicted molar refractivity (Wildman–Crippen MR) is 171 cm³/mol. The van der Waals surface area contributed by atoms with E-state index in [9.17, 15) is 29.1 Å². The molecular weight excluding hydrogens is 648 g/mol. The van der Waals surface area contributed by atoms with Crippen molar-refractivity contribution in [2.24, 2.45) is 0 Å². The third kappa shape index (κ3) is 9.31. The van der Waals surface area contributed by atoms with Gasteiger partial charge in [0.1, 0.15) is 18.4 Å². The molecule has 0 saturated carbocycles. The normalized spacial score (nSPS) is 17.5. The second kappa shape index (κ2) is 15.7. The summed E-state index contributed by atoms with van der Waals surface area (Å²) in [6.45, 7) is 1.56. The van der Waals surface area contributed by atoms with Gasteiger partial charge in [-0.1, -0.05) is 0 Å². The van der Waals surface area contributed by atoms with E-state index in [0.29, 0.717) is 29.0 Å². The highest BCUT2D eigenvalue weighted by Crippen LogP contribution is 2.27. The van der Waals surface area contributed by atoms with E-state index in [4.69, 9.17) is 31.5 Å². The van der Waals surface area contributed by atoms with E-state index in [1.54, 1.807) is 19.1 Å². The quantitative estimate of drug-likeness (QED) is 0.0890. The molecule has 0 spiro atoms. The number of rotatable bonds is 11. The Hall–Kier alpha value is -5.99. The molecule has 20 heteroatoms. The minimum Gasteiger partial charge on any atom is -0.481 e. The Morgan fingerprint density at radius 3 is 2.47 bits per heavy atom. The summed E-state index contributed by atoms with van der Waals surface area (Å²) in [5.74, 6) is -2.93. The van der Waals surface area contributed by atoms with Gasteiger partial charge in [-0.25, -0.2) is 19.6 Å². The van der Waals surface area contributed by atoms with Gasteiger partial charge >= 0.3 is 17.6 Å². The number of hydrogen-bond donors (Lipinski definition) is 9. The van der Waals surface area contributed by atoms with Gasteiger partial charge in [0.2, 0.25) is 5.95 Å². The molecule has 0 bridgehead atoms. The number of aliphatic hydroxyl groups excluding tert-OH is 2. The summed E-state index contributed by atoms with van der Waals surface area (Å²) in [4.78, 5) is 75.4. The lowest BCUT2D eigenvalue weighted by molar-refractivity contribution is -0.140. The largest absolute Gasteiger partial charge is 0.481 e. The first-order valence-electron chi connectivity index (χ1n) is 14.7. The number of nitrogen functional groups attached to an aromatic ring is 2. The van der Waals surface area contributed by atoms with Gasteiger partial charge in [-0.2, -0.15) is 9.97 Å². The second-order valence-electron chi connectivity index (χ2n) is 10.8. The molecule has 1 aromatic carbocycles. The Labute approximate surface area is 275 Å². The van der Waals surface area contributed by atoms with Crippen LogP contribution in [-0.2, 0) is 20.9 Å².